The molecule has 2 aromatic heterocycles. The van der Waals surface area contributed by atoms with E-state index in [-0.39, 0.29) is 18.2 Å². The molecule has 1 fully saturated rings. The van der Waals surface area contributed by atoms with Crippen LogP contribution in [0.15, 0.2) is 6.33 Å². The molecule has 1 aliphatic heterocycles. The van der Waals surface area contributed by atoms with Crippen molar-refractivity contribution < 1.29 is 14.3 Å². The molecule has 3 heterocycles. The minimum absolute atomic E-state index is 0.0904. The maximum Gasteiger partial charge on any atom is 0.229 e. The first-order valence-corrected chi connectivity index (χ1v) is 9.58. The molecular formula is C16H23N7O3S. The van der Waals surface area contributed by atoms with Crippen LogP contribution in [0.1, 0.15) is 24.2 Å². The van der Waals surface area contributed by atoms with E-state index in [2.05, 4.69) is 20.4 Å². The van der Waals surface area contributed by atoms with E-state index in [1.807, 2.05) is 11.5 Å². The third-order valence-electron chi connectivity index (χ3n) is 4.45. The van der Waals surface area contributed by atoms with Crippen LogP contribution in [0.4, 0.5) is 5.13 Å². The number of hydrogen-bond acceptors (Lipinski definition) is 8. The van der Waals surface area contributed by atoms with Gasteiger partial charge in [-0.3, -0.25) is 14.5 Å². The number of aromatic nitrogens is 5. The summed E-state index contributed by atoms with van der Waals surface area (Å²) in [7, 11) is 3.34. The molecule has 27 heavy (non-hydrogen) atoms. The van der Waals surface area contributed by atoms with Crippen molar-refractivity contribution in [3.8, 4) is 0 Å². The third kappa shape index (κ3) is 4.30. The van der Waals surface area contributed by atoms with Crippen LogP contribution < -0.4 is 4.90 Å². The quantitative estimate of drug-likeness (QED) is 0.637. The number of hydrogen-bond donors (Lipinski definition) is 0. The molecule has 10 nitrogen and oxygen atoms in total. The molecule has 1 unspecified atom stereocenters. The van der Waals surface area contributed by atoms with Crippen LogP contribution >= 0.6 is 11.3 Å². The molecule has 0 radical (unpaired) electrons. The number of aryl methyl sites for hydroxylation is 1. The summed E-state index contributed by atoms with van der Waals surface area (Å²) in [5, 5.41) is 17.5. The van der Waals surface area contributed by atoms with E-state index < -0.39 is 5.92 Å². The smallest absolute Gasteiger partial charge is 0.229 e. The average molecular weight is 393 g/mol. The fourth-order valence-corrected chi connectivity index (χ4v) is 3.74. The highest BCUT2D eigenvalue weighted by Crippen LogP contribution is 2.29. The monoisotopic (exact) mass is 393 g/mol. The molecule has 11 heteroatoms. The zero-order valence-electron chi connectivity index (χ0n) is 15.7. The predicted molar refractivity (Wildman–Crippen MR) is 98.1 cm³/mol. The molecule has 1 aliphatic rings. The second-order valence-corrected chi connectivity index (χ2v) is 7.41. The van der Waals surface area contributed by atoms with Crippen molar-refractivity contribution in [3.63, 3.8) is 0 Å². The Labute approximate surface area is 161 Å². The lowest BCUT2D eigenvalue weighted by Crippen LogP contribution is -2.35. The normalized spacial score (nSPS) is 16.9. The Morgan fingerprint density at radius 1 is 1.41 bits per heavy atom. The number of ether oxygens (including phenoxy) is 1. The molecule has 146 valence electrons. The SMILES string of the molecule is CCc1nnc(N2CC(C(=O)N(C)Cc3nncn3CCOC)CC2=O)s1. The fraction of sp³-hybridized carbons (Fsp3) is 0.625. The van der Waals surface area contributed by atoms with Gasteiger partial charge in [-0.2, -0.15) is 0 Å². The minimum Gasteiger partial charge on any atom is -0.383 e. The van der Waals surface area contributed by atoms with Crippen molar-refractivity contribution in [2.24, 2.45) is 5.92 Å². The van der Waals surface area contributed by atoms with Gasteiger partial charge in [0, 0.05) is 33.7 Å². The van der Waals surface area contributed by atoms with Gasteiger partial charge in [-0.05, 0) is 6.42 Å². The van der Waals surface area contributed by atoms with Crippen molar-refractivity contribution in [1.82, 2.24) is 29.9 Å². The van der Waals surface area contributed by atoms with Gasteiger partial charge in [-0.1, -0.05) is 18.3 Å². The molecule has 2 amide bonds. The Morgan fingerprint density at radius 3 is 2.93 bits per heavy atom. The van der Waals surface area contributed by atoms with Crippen molar-refractivity contribution in [2.45, 2.75) is 32.9 Å². The van der Waals surface area contributed by atoms with Crippen LogP contribution in [0, 0.1) is 5.92 Å². The molecule has 2 aromatic rings. The van der Waals surface area contributed by atoms with E-state index in [1.165, 1.54) is 11.3 Å². The highest BCUT2D eigenvalue weighted by molar-refractivity contribution is 7.15. The Hall–Kier alpha value is -2.40. The summed E-state index contributed by atoms with van der Waals surface area (Å²) >= 11 is 1.39. The Bertz CT molecular complexity index is 806. The molecular weight excluding hydrogens is 370 g/mol. The highest BCUT2D eigenvalue weighted by atomic mass is 32.1. The second kappa shape index (κ2) is 8.53. The van der Waals surface area contributed by atoms with E-state index >= 15 is 0 Å². The van der Waals surface area contributed by atoms with Crippen molar-refractivity contribution in [2.75, 3.05) is 32.2 Å². The Balaban J connectivity index is 1.62. The second-order valence-electron chi connectivity index (χ2n) is 6.36. The van der Waals surface area contributed by atoms with Crippen molar-refractivity contribution >= 4 is 28.3 Å². The number of methoxy groups -OCH3 is 1. The Kier molecular flexibility index (Phi) is 6.11. The summed E-state index contributed by atoms with van der Waals surface area (Å²) in [4.78, 5) is 28.3. The van der Waals surface area contributed by atoms with Crippen LogP contribution in [-0.2, 0) is 33.8 Å². The van der Waals surface area contributed by atoms with Crippen LogP contribution in [0.5, 0.6) is 0 Å². The highest BCUT2D eigenvalue weighted by Gasteiger charge is 2.38. The van der Waals surface area contributed by atoms with Crippen molar-refractivity contribution in [1.29, 1.82) is 0 Å². The van der Waals surface area contributed by atoms with Crippen LogP contribution in [-0.4, -0.2) is 69.0 Å². The molecule has 0 saturated carbocycles. The first-order chi connectivity index (χ1) is 13.0. The van der Waals surface area contributed by atoms with Gasteiger partial charge in [0.2, 0.25) is 16.9 Å². The molecule has 0 spiro atoms. The standard InChI is InChI=1S/C16H23N7O3S/c1-4-13-19-20-16(27-13)23-8-11(7-14(23)24)15(25)21(2)9-12-18-17-10-22(12)5-6-26-3/h10-11H,4-9H2,1-3H3. The van der Waals surface area contributed by atoms with E-state index in [9.17, 15) is 9.59 Å². The van der Waals surface area contributed by atoms with Crippen LogP contribution in [0.3, 0.4) is 0 Å². The number of carbonyl (C=O) groups excluding carboxylic acids is 2. The van der Waals surface area contributed by atoms with E-state index in [0.29, 0.717) is 37.2 Å². The summed E-state index contributed by atoms with van der Waals surface area (Å²) in [6.45, 7) is 3.80. The number of amides is 2. The number of rotatable bonds is 8. The molecule has 0 N–H and O–H groups in total. The first-order valence-electron chi connectivity index (χ1n) is 8.76. The van der Waals surface area contributed by atoms with Gasteiger partial charge in [0.15, 0.2) is 5.82 Å². The average Bonchev–Trinajstić information content (AvgIpc) is 3.38. The zero-order valence-corrected chi connectivity index (χ0v) is 16.5. The van der Waals surface area contributed by atoms with Gasteiger partial charge < -0.3 is 14.2 Å². The lowest BCUT2D eigenvalue weighted by atomic mass is 10.1. The lowest BCUT2D eigenvalue weighted by Gasteiger charge is -2.20. The molecule has 0 aliphatic carbocycles. The summed E-state index contributed by atoms with van der Waals surface area (Å²) in [5.74, 6) is 0.101. The summed E-state index contributed by atoms with van der Waals surface area (Å²) in [6.07, 6.45) is 2.57. The molecule has 3 rings (SSSR count). The third-order valence-corrected chi connectivity index (χ3v) is 5.54. The van der Waals surface area contributed by atoms with Gasteiger partial charge in [0.1, 0.15) is 11.3 Å². The number of anilines is 1. The van der Waals surface area contributed by atoms with Gasteiger partial charge in [-0.15, -0.1) is 20.4 Å². The van der Waals surface area contributed by atoms with E-state index in [0.717, 1.165) is 11.4 Å². The molecule has 1 saturated heterocycles. The van der Waals surface area contributed by atoms with E-state index in [4.69, 9.17) is 4.74 Å². The van der Waals surface area contributed by atoms with E-state index in [1.54, 1.807) is 30.3 Å². The van der Waals surface area contributed by atoms with Gasteiger partial charge in [-0.25, -0.2) is 0 Å². The summed E-state index contributed by atoms with van der Waals surface area (Å²) in [6, 6.07) is 0. The maximum atomic E-state index is 12.8. The van der Waals surface area contributed by atoms with Crippen molar-refractivity contribution in [3.05, 3.63) is 17.2 Å². The fourth-order valence-electron chi connectivity index (χ4n) is 2.93. The molecule has 0 aromatic carbocycles. The summed E-state index contributed by atoms with van der Waals surface area (Å²) in [5.41, 5.74) is 0. The molecule has 0 bridgehead atoms. The van der Waals surface area contributed by atoms with Gasteiger partial charge >= 0.3 is 0 Å². The lowest BCUT2D eigenvalue weighted by molar-refractivity contribution is -0.135. The van der Waals surface area contributed by atoms with Gasteiger partial charge in [0.25, 0.3) is 0 Å². The number of carbonyl (C=O) groups is 2. The minimum atomic E-state index is -0.396. The first kappa shape index (κ1) is 19.4. The summed E-state index contributed by atoms with van der Waals surface area (Å²) < 4.78 is 6.92. The Morgan fingerprint density at radius 2 is 2.22 bits per heavy atom. The van der Waals surface area contributed by atoms with Gasteiger partial charge in [0.05, 0.1) is 19.1 Å². The predicted octanol–water partition coefficient (Wildman–Crippen LogP) is 0.350. The number of nitrogens with zero attached hydrogens (tertiary/aromatic N) is 7. The zero-order chi connectivity index (χ0) is 19.4. The maximum absolute atomic E-state index is 12.8. The topological polar surface area (TPSA) is 106 Å². The molecule has 1 atom stereocenters. The largest absolute Gasteiger partial charge is 0.383 e. The van der Waals surface area contributed by atoms with Crippen LogP contribution in [0.25, 0.3) is 0 Å². The van der Waals surface area contributed by atoms with Crippen LogP contribution in [0.2, 0.25) is 0 Å².